The Labute approximate surface area is 144 Å². The molecular weight excluding hydrogens is 310 g/mol. The lowest BCUT2D eigenvalue weighted by molar-refractivity contribution is -0.131. The van der Waals surface area contributed by atoms with Crippen LogP contribution in [0, 0.1) is 12.3 Å². The van der Waals surface area contributed by atoms with Crippen molar-refractivity contribution >= 4 is 29.2 Å². The zero-order valence-electron chi connectivity index (χ0n) is 14.2. The zero-order valence-corrected chi connectivity index (χ0v) is 15.1. The van der Waals surface area contributed by atoms with Gasteiger partial charge in [0.15, 0.2) is 0 Å². The van der Waals surface area contributed by atoms with E-state index >= 15 is 0 Å². The highest BCUT2D eigenvalue weighted by Gasteiger charge is 2.32. The first-order valence-corrected chi connectivity index (χ1v) is 8.12. The molecule has 0 bridgehead atoms. The van der Waals surface area contributed by atoms with Crippen molar-refractivity contribution in [2.24, 2.45) is 11.1 Å². The summed E-state index contributed by atoms with van der Waals surface area (Å²) in [6, 6.07) is 8.28. The van der Waals surface area contributed by atoms with Crippen LogP contribution in [0.1, 0.15) is 37.9 Å². The lowest BCUT2D eigenvalue weighted by Crippen LogP contribution is -2.45. The normalized spacial score (nSPS) is 11.3. The molecule has 5 heteroatoms. The highest BCUT2D eigenvalue weighted by Crippen LogP contribution is 2.25. The number of fused-ring (bicyclic) bond motifs is 1. The van der Waals surface area contributed by atoms with Crippen molar-refractivity contribution in [2.75, 3.05) is 13.1 Å². The predicted octanol–water partition coefficient (Wildman–Crippen LogP) is 3.32. The van der Waals surface area contributed by atoms with Gasteiger partial charge in [-0.05, 0) is 37.8 Å². The molecule has 0 radical (unpaired) electrons. The minimum atomic E-state index is -0.421. The summed E-state index contributed by atoms with van der Waals surface area (Å²) in [5, 5.41) is 4.31. The Hall–Kier alpha value is -1.52. The zero-order chi connectivity index (χ0) is 16.2. The van der Waals surface area contributed by atoms with Crippen LogP contribution in [0.15, 0.2) is 24.3 Å². The van der Waals surface area contributed by atoms with Gasteiger partial charge in [0.2, 0.25) is 5.91 Å². The lowest BCUT2D eigenvalue weighted by Gasteiger charge is -2.28. The number of halogens is 1. The number of hydrogen-bond acceptors (Lipinski definition) is 2. The molecule has 0 saturated carbocycles. The molecule has 0 aliphatic rings. The van der Waals surface area contributed by atoms with E-state index in [0.29, 0.717) is 13.1 Å². The number of aromatic nitrogens is 1. The van der Waals surface area contributed by atoms with E-state index < -0.39 is 5.41 Å². The highest BCUT2D eigenvalue weighted by molar-refractivity contribution is 5.85. The monoisotopic (exact) mass is 337 g/mol. The van der Waals surface area contributed by atoms with Gasteiger partial charge in [0.25, 0.3) is 0 Å². The summed E-state index contributed by atoms with van der Waals surface area (Å²) in [6.07, 6.45) is 2.38. The topological polar surface area (TPSA) is 70.9 Å². The van der Waals surface area contributed by atoms with Crippen molar-refractivity contribution in [1.82, 2.24) is 10.3 Å². The first kappa shape index (κ1) is 19.5. The second-order valence-electron chi connectivity index (χ2n) is 5.97. The van der Waals surface area contributed by atoms with Gasteiger partial charge in [-0.25, -0.2) is 0 Å². The minimum absolute atomic E-state index is 0. The molecule has 23 heavy (non-hydrogen) atoms. The Morgan fingerprint density at radius 2 is 1.91 bits per heavy atom. The number of H-pyrrole nitrogens is 1. The SMILES string of the molecule is CCC(CC)(CN)C(=O)NCCc1c(C)[nH]c2ccccc12.Cl. The van der Waals surface area contributed by atoms with E-state index in [2.05, 4.69) is 29.4 Å². The highest BCUT2D eigenvalue weighted by atomic mass is 35.5. The molecule has 0 saturated heterocycles. The second-order valence-corrected chi connectivity index (χ2v) is 5.97. The maximum absolute atomic E-state index is 12.4. The number of hydrogen-bond donors (Lipinski definition) is 3. The number of benzene rings is 1. The molecule has 2 rings (SSSR count). The van der Waals surface area contributed by atoms with Crippen LogP contribution >= 0.6 is 12.4 Å². The van der Waals surface area contributed by atoms with E-state index in [4.69, 9.17) is 5.73 Å². The lowest BCUT2D eigenvalue weighted by atomic mass is 9.81. The summed E-state index contributed by atoms with van der Waals surface area (Å²) in [6.45, 7) is 7.18. The smallest absolute Gasteiger partial charge is 0.227 e. The third kappa shape index (κ3) is 3.88. The number of aryl methyl sites for hydroxylation is 1. The van der Waals surface area contributed by atoms with Gasteiger partial charge in [-0.1, -0.05) is 32.0 Å². The molecule has 0 aliphatic carbocycles. The van der Waals surface area contributed by atoms with Crippen LogP contribution in [0.4, 0.5) is 0 Å². The fourth-order valence-electron chi connectivity index (χ4n) is 3.10. The fourth-order valence-corrected chi connectivity index (χ4v) is 3.10. The largest absolute Gasteiger partial charge is 0.358 e. The number of aromatic amines is 1. The van der Waals surface area contributed by atoms with E-state index in [9.17, 15) is 4.79 Å². The molecule has 1 aromatic carbocycles. The molecule has 128 valence electrons. The summed E-state index contributed by atoms with van der Waals surface area (Å²) in [5.41, 5.74) is 9.01. The van der Waals surface area contributed by atoms with Crippen molar-refractivity contribution in [2.45, 2.75) is 40.0 Å². The standard InChI is InChI=1S/C18H27N3O.ClH/c1-4-18(5-2,12-19)17(22)20-11-10-14-13(3)21-16-9-7-6-8-15(14)16;/h6-9,21H,4-5,10-12,19H2,1-3H3,(H,20,22);1H. The van der Waals surface area contributed by atoms with Gasteiger partial charge in [0.05, 0.1) is 5.41 Å². The van der Waals surface area contributed by atoms with Crippen molar-refractivity contribution < 1.29 is 4.79 Å². The van der Waals surface area contributed by atoms with Gasteiger partial charge >= 0.3 is 0 Å². The van der Waals surface area contributed by atoms with Crippen molar-refractivity contribution in [3.63, 3.8) is 0 Å². The molecule has 0 aliphatic heterocycles. The number of para-hydroxylation sites is 1. The molecule has 4 N–H and O–H groups in total. The van der Waals surface area contributed by atoms with E-state index in [1.807, 2.05) is 26.0 Å². The van der Waals surface area contributed by atoms with Crippen LogP contribution in [-0.4, -0.2) is 24.0 Å². The summed E-state index contributed by atoms with van der Waals surface area (Å²) in [4.78, 5) is 15.8. The number of carbonyl (C=O) groups is 1. The molecule has 0 atom stereocenters. The summed E-state index contributed by atoms with van der Waals surface area (Å²) < 4.78 is 0. The summed E-state index contributed by atoms with van der Waals surface area (Å²) in [5.74, 6) is 0.0810. The van der Waals surface area contributed by atoms with Crippen LogP contribution in [-0.2, 0) is 11.2 Å². The number of nitrogens with one attached hydrogen (secondary N) is 2. The Bertz CT molecular complexity index is 638. The average molecular weight is 338 g/mol. The molecule has 4 nitrogen and oxygen atoms in total. The van der Waals surface area contributed by atoms with Gasteiger partial charge in [-0.2, -0.15) is 0 Å². The van der Waals surface area contributed by atoms with Gasteiger partial charge in [-0.3, -0.25) is 4.79 Å². The quantitative estimate of drug-likeness (QED) is 0.725. The molecule has 1 aromatic heterocycles. The summed E-state index contributed by atoms with van der Waals surface area (Å²) in [7, 11) is 0. The van der Waals surface area contributed by atoms with Crippen molar-refractivity contribution in [1.29, 1.82) is 0 Å². The van der Waals surface area contributed by atoms with Crippen LogP contribution in [0.3, 0.4) is 0 Å². The van der Waals surface area contributed by atoms with Crippen LogP contribution < -0.4 is 11.1 Å². The molecular formula is C18H28ClN3O. The minimum Gasteiger partial charge on any atom is -0.358 e. The molecule has 1 heterocycles. The number of nitrogens with two attached hydrogens (primary N) is 1. The molecule has 2 aromatic rings. The maximum atomic E-state index is 12.4. The van der Waals surface area contributed by atoms with E-state index in [1.54, 1.807) is 0 Å². The average Bonchev–Trinajstić information content (AvgIpc) is 2.85. The Morgan fingerprint density at radius 1 is 1.26 bits per heavy atom. The molecule has 0 fully saturated rings. The molecule has 0 unspecified atom stereocenters. The second kappa shape index (κ2) is 8.37. The molecule has 0 spiro atoms. The van der Waals surface area contributed by atoms with E-state index in [1.165, 1.54) is 16.6 Å². The predicted molar refractivity (Wildman–Crippen MR) is 99.1 cm³/mol. The fraction of sp³-hybridized carbons (Fsp3) is 0.500. The van der Waals surface area contributed by atoms with Crippen LogP contribution in [0.2, 0.25) is 0 Å². The van der Waals surface area contributed by atoms with E-state index in [0.717, 1.165) is 24.8 Å². The third-order valence-electron chi connectivity index (χ3n) is 4.91. The van der Waals surface area contributed by atoms with Gasteiger partial charge in [0.1, 0.15) is 0 Å². The van der Waals surface area contributed by atoms with Crippen LogP contribution in [0.5, 0.6) is 0 Å². The number of carbonyl (C=O) groups excluding carboxylic acids is 1. The Morgan fingerprint density at radius 3 is 2.52 bits per heavy atom. The van der Waals surface area contributed by atoms with Crippen molar-refractivity contribution in [3.05, 3.63) is 35.5 Å². The number of amides is 1. The Kier molecular flexibility index (Phi) is 7.10. The Balaban J connectivity index is 0.00000264. The first-order valence-electron chi connectivity index (χ1n) is 8.12. The number of rotatable bonds is 7. The van der Waals surface area contributed by atoms with Crippen molar-refractivity contribution in [3.8, 4) is 0 Å². The van der Waals surface area contributed by atoms with E-state index in [-0.39, 0.29) is 18.3 Å². The maximum Gasteiger partial charge on any atom is 0.227 e. The van der Waals surface area contributed by atoms with Gasteiger partial charge < -0.3 is 16.0 Å². The van der Waals surface area contributed by atoms with Gasteiger partial charge in [0, 0.05) is 29.7 Å². The van der Waals surface area contributed by atoms with Crippen LogP contribution in [0.25, 0.3) is 10.9 Å². The van der Waals surface area contributed by atoms with Gasteiger partial charge in [-0.15, -0.1) is 12.4 Å². The summed E-state index contributed by atoms with van der Waals surface area (Å²) >= 11 is 0. The first-order chi connectivity index (χ1) is 10.6. The molecule has 1 amide bonds. The third-order valence-corrected chi connectivity index (χ3v) is 4.91.